The van der Waals surface area contributed by atoms with Crippen LogP contribution in [0, 0.1) is 0 Å². The van der Waals surface area contributed by atoms with Crippen molar-refractivity contribution >= 4 is 61.8 Å². The van der Waals surface area contributed by atoms with Crippen LogP contribution < -0.4 is 5.14 Å². The van der Waals surface area contributed by atoms with Crippen LogP contribution in [0.5, 0.6) is 0 Å². The number of aromatic nitrogens is 2. The van der Waals surface area contributed by atoms with Crippen molar-refractivity contribution in [2.24, 2.45) is 5.14 Å². The van der Waals surface area contributed by atoms with Gasteiger partial charge in [0.05, 0.1) is 26.7 Å². The second-order valence-electron chi connectivity index (χ2n) is 6.43. The Hall–Kier alpha value is -1.58. The Labute approximate surface area is 183 Å². The summed E-state index contributed by atoms with van der Waals surface area (Å²) in [6, 6.07) is 9.37. The van der Waals surface area contributed by atoms with E-state index in [1.807, 2.05) is 4.57 Å². The molecule has 0 aliphatic heterocycles. The predicted molar refractivity (Wildman–Crippen MR) is 118 cm³/mol. The summed E-state index contributed by atoms with van der Waals surface area (Å²) in [6.45, 7) is 2.79. The summed E-state index contributed by atoms with van der Waals surface area (Å²) < 4.78 is 25.3. The van der Waals surface area contributed by atoms with E-state index in [4.69, 9.17) is 28.3 Å². The molecule has 154 valence electrons. The summed E-state index contributed by atoms with van der Waals surface area (Å²) in [5.74, 6) is -0.00486. The molecule has 0 bridgehead atoms. The van der Waals surface area contributed by atoms with Crippen LogP contribution in [0.25, 0.3) is 11.0 Å². The highest BCUT2D eigenvalue weighted by Crippen LogP contribution is 2.28. The van der Waals surface area contributed by atoms with E-state index in [9.17, 15) is 13.2 Å². The Balaban J connectivity index is 1.91. The first-order valence-electron chi connectivity index (χ1n) is 8.85. The molecule has 0 fully saturated rings. The number of nitrogens with two attached hydrogens (primary N) is 1. The maximum Gasteiger partial charge on any atom is 0.238 e. The molecule has 0 amide bonds. The van der Waals surface area contributed by atoms with Gasteiger partial charge >= 0.3 is 0 Å². The third kappa shape index (κ3) is 5.13. The van der Waals surface area contributed by atoms with Crippen molar-refractivity contribution < 1.29 is 13.2 Å². The Bertz CT molecular complexity index is 1180. The molecule has 3 rings (SSSR count). The fourth-order valence-corrected chi connectivity index (χ4v) is 4.80. The van der Waals surface area contributed by atoms with Gasteiger partial charge < -0.3 is 4.57 Å². The van der Waals surface area contributed by atoms with E-state index in [0.29, 0.717) is 32.8 Å². The topological polar surface area (TPSA) is 95.0 Å². The molecule has 3 aromatic rings. The average Bonchev–Trinajstić information content (AvgIpc) is 3.00. The number of thioether (sulfide) groups is 1. The number of nitrogens with zero attached hydrogens (tertiary/aromatic N) is 2. The number of hydrogen-bond acceptors (Lipinski definition) is 5. The van der Waals surface area contributed by atoms with Crippen molar-refractivity contribution in [2.75, 3.05) is 5.75 Å². The molecule has 29 heavy (non-hydrogen) atoms. The second kappa shape index (κ2) is 9.06. The number of aryl methyl sites for hydroxylation is 1. The number of unbranched alkanes of at least 4 members (excludes halogenated alkanes) is 1. The molecule has 0 unspecified atom stereocenters. The van der Waals surface area contributed by atoms with Gasteiger partial charge in [-0.15, -0.1) is 0 Å². The zero-order chi connectivity index (χ0) is 21.2. The largest absolute Gasteiger partial charge is 0.319 e. The lowest BCUT2D eigenvalue weighted by Gasteiger charge is -2.08. The number of Topliss-reactive ketones (excluding diaryl/α,β-unsaturated/α-hetero) is 1. The van der Waals surface area contributed by atoms with E-state index in [1.165, 1.54) is 30.0 Å². The molecule has 2 N–H and O–H groups in total. The minimum absolute atomic E-state index is 0.00529. The molecule has 0 saturated heterocycles. The number of carbonyl (C=O) groups excluding carboxylic acids is 1. The fourth-order valence-electron chi connectivity index (χ4n) is 2.83. The van der Waals surface area contributed by atoms with Gasteiger partial charge in [-0.2, -0.15) is 0 Å². The van der Waals surface area contributed by atoms with E-state index in [-0.39, 0.29) is 16.4 Å². The van der Waals surface area contributed by atoms with Crippen molar-refractivity contribution in [2.45, 2.75) is 36.4 Å². The van der Waals surface area contributed by atoms with Gasteiger partial charge in [0.2, 0.25) is 10.0 Å². The van der Waals surface area contributed by atoms with Gasteiger partial charge in [-0.05, 0) is 42.8 Å². The molecular weight excluding hydrogens is 453 g/mol. The van der Waals surface area contributed by atoms with Crippen molar-refractivity contribution in [3.63, 3.8) is 0 Å². The van der Waals surface area contributed by atoms with Crippen LogP contribution in [0.4, 0.5) is 0 Å². The monoisotopic (exact) mass is 471 g/mol. The molecule has 1 heterocycles. The average molecular weight is 472 g/mol. The fraction of sp³-hybridized carbons (Fsp3) is 0.263. The Morgan fingerprint density at radius 2 is 1.97 bits per heavy atom. The molecule has 0 spiro atoms. The van der Waals surface area contributed by atoms with E-state index < -0.39 is 10.0 Å². The summed E-state index contributed by atoms with van der Waals surface area (Å²) in [5, 5.41) is 6.63. The zero-order valence-electron chi connectivity index (χ0n) is 15.6. The van der Waals surface area contributed by atoms with Gasteiger partial charge in [0.15, 0.2) is 10.9 Å². The number of sulfonamides is 1. The lowest BCUT2D eigenvalue weighted by atomic mass is 10.1. The summed E-state index contributed by atoms with van der Waals surface area (Å²) in [7, 11) is -3.82. The number of hydrogen-bond donors (Lipinski definition) is 1. The number of rotatable bonds is 8. The smallest absolute Gasteiger partial charge is 0.238 e. The van der Waals surface area contributed by atoms with Gasteiger partial charge in [0, 0.05) is 17.1 Å². The molecular formula is C19H19Cl2N3O3S2. The highest BCUT2D eigenvalue weighted by molar-refractivity contribution is 7.99. The van der Waals surface area contributed by atoms with Crippen molar-refractivity contribution in [3.8, 4) is 0 Å². The lowest BCUT2D eigenvalue weighted by molar-refractivity contribution is 0.102. The molecule has 0 radical (unpaired) electrons. The van der Waals surface area contributed by atoms with Crippen LogP contribution >= 0.6 is 35.0 Å². The lowest BCUT2D eigenvalue weighted by Crippen LogP contribution is -2.11. The third-order valence-electron chi connectivity index (χ3n) is 4.31. The van der Waals surface area contributed by atoms with Crippen LogP contribution in [0.1, 0.15) is 30.1 Å². The summed E-state index contributed by atoms with van der Waals surface area (Å²) >= 11 is 13.3. The Kier molecular flexibility index (Phi) is 6.90. The normalized spacial score (nSPS) is 11.9. The summed E-state index contributed by atoms with van der Waals surface area (Å²) in [6.07, 6.45) is 1.91. The van der Waals surface area contributed by atoms with Crippen molar-refractivity contribution in [3.05, 3.63) is 52.0 Å². The van der Waals surface area contributed by atoms with Gasteiger partial charge in [-0.1, -0.05) is 48.3 Å². The number of ketones is 1. The van der Waals surface area contributed by atoms with Gasteiger partial charge in [0.25, 0.3) is 0 Å². The SMILES string of the molecule is CCCCn1c(SCC(=O)c2ccc(Cl)cc2Cl)nc2cc(S(N)(=O)=O)ccc21. The first kappa shape index (κ1) is 22.1. The second-order valence-corrected chi connectivity index (χ2v) is 9.78. The number of benzene rings is 2. The maximum absolute atomic E-state index is 12.6. The van der Waals surface area contributed by atoms with Crippen LogP contribution in [-0.4, -0.2) is 29.5 Å². The van der Waals surface area contributed by atoms with E-state index in [2.05, 4.69) is 11.9 Å². The Morgan fingerprint density at radius 3 is 2.62 bits per heavy atom. The predicted octanol–water partition coefficient (Wildman–Crippen LogP) is 4.77. The summed E-state index contributed by atoms with van der Waals surface area (Å²) in [5.41, 5.74) is 1.72. The maximum atomic E-state index is 12.6. The first-order valence-corrected chi connectivity index (χ1v) is 12.1. The van der Waals surface area contributed by atoms with E-state index in [1.54, 1.807) is 18.2 Å². The van der Waals surface area contributed by atoms with Gasteiger partial charge in [0.1, 0.15) is 0 Å². The third-order valence-corrected chi connectivity index (χ3v) is 6.75. The van der Waals surface area contributed by atoms with Crippen LogP contribution in [0.15, 0.2) is 46.5 Å². The molecule has 1 aromatic heterocycles. The van der Waals surface area contributed by atoms with Crippen LogP contribution in [0.2, 0.25) is 10.0 Å². The van der Waals surface area contributed by atoms with Crippen LogP contribution in [-0.2, 0) is 16.6 Å². The highest BCUT2D eigenvalue weighted by Gasteiger charge is 2.17. The van der Waals surface area contributed by atoms with E-state index in [0.717, 1.165) is 18.4 Å². The highest BCUT2D eigenvalue weighted by atomic mass is 35.5. The molecule has 6 nitrogen and oxygen atoms in total. The quantitative estimate of drug-likeness (QED) is 0.377. The molecule has 10 heteroatoms. The van der Waals surface area contributed by atoms with Crippen molar-refractivity contribution in [1.29, 1.82) is 0 Å². The summed E-state index contributed by atoms with van der Waals surface area (Å²) in [4.78, 5) is 17.1. The molecule has 0 atom stereocenters. The zero-order valence-corrected chi connectivity index (χ0v) is 18.7. The number of halogens is 2. The van der Waals surface area contributed by atoms with Crippen molar-refractivity contribution in [1.82, 2.24) is 9.55 Å². The molecule has 0 aliphatic rings. The Morgan fingerprint density at radius 1 is 1.21 bits per heavy atom. The van der Waals surface area contributed by atoms with Crippen LogP contribution in [0.3, 0.4) is 0 Å². The van der Waals surface area contributed by atoms with E-state index >= 15 is 0 Å². The molecule has 0 saturated carbocycles. The number of carbonyl (C=O) groups is 1. The number of imidazole rings is 1. The molecule has 0 aliphatic carbocycles. The van der Waals surface area contributed by atoms with Gasteiger partial charge in [-0.25, -0.2) is 18.5 Å². The standard InChI is InChI=1S/C19H19Cl2N3O3S2/c1-2-3-8-24-17-7-5-13(29(22,26)27)10-16(17)23-19(24)28-11-18(25)14-6-4-12(20)9-15(14)21/h4-7,9-10H,2-3,8,11H2,1H3,(H2,22,26,27). The molecule has 2 aromatic carbocycles. The number of fused-ring (bicyclic) bond motifs is 1. The first-order chi connectivity index (χ1) is 13.7. The minimum Gasteiger partial charge on any atom is -0.319 e. The van der Waals surface area contributed by atoms with Gasteiger partial charge in [-0.3, -0.25) is 4.79 Å². The number of primary sulfonamides is 1. The minimum atomic E-state index is -3.82.